The van der Waals surface area contributed by atoms with Gasteiger partial charge in [-0.1, -0.05) is 51.1 Å². The first-order chi connectivity index (χ1) is 9.91. The van der Waals surface area contributed by atoms with Crippen LogP contribution in [0, 0.1) is 0 Å². The molecule has 1 amide bonds. The predicted octanol–water partition coefficient (Wildman–Crippen LogP) is 3.70. The molecule has 0 aliphatic carbocycles. The molecule has 0 heterocycles. The molecule has 3 nitrogen and oxygen atoms in total. The molecule has 2 rings (SSSR count). The summed E-state index contributed by atoms with van der Waals surface area (Å²) in [6.45, 7) is 6.78. The highest BCUT2D eigenvalue weighted by Crippen LogP contribution is 2.26. The highest BCUT2D eigenvalue weighted by atomic mass is 16.1. The Morgan fingerprint density at radius 1 is 1.10 bits per heavy atom. The van der Waals surface area contributed by atoms with Gasteiger partial charge in [0.1, 0.15) is 0 Å². The molecule has 110 valence electrons. The lowest BCUT2D eigenvalue weighted by Crippen LogP contribution is -2.20. The van der Waals surface area contributed by atoms with E-state index in [1.165, 1.54) is 0 Å². The van der Waals surface area contributed by atoms with Crippen molar-refractivity contribution in [3.05, 3.63) is 65.2 Å². The van der Waals surface area contributed by atoms with Crippen LogP contribution in [0.1, 0.15) is 42.3 Å². The second kappa shape index (κ2) is 6.10. The number of hydrogen-bond acceptors (Lipinski definition) is 2. The number of carbonyl (C=O) groups excluding carboxylic acids is 1. The molecule has 2 aromatic carbocycles. The van der Waals surface area contributed by atoms with Crippen molar-refractivity contribution in [3.63, 3.8) is 0 Å². The maximum absolute atomic E-state index is 12.5. The maximum atomic E-state index is 12.5. The first kappa shape index (κ1) is 15.3. The minimum absolute atomic E-state index is 0.0763. The van der Waals surface area contributed by atoms with E-state index in [1.807, 2.05) is 48.5 Å². The maximum Gasteiger partial charge on any atom is 0.255 e. The van der Waals surface area contributed by atoms with Gasteiger partial charge in [-0.25, -0.2) is 0 Å². The van der Waals surface area contributed by atoms with Crippen LogP contribution in [0.3, 0.4) is 0 Å². The summed E-state index contributed by atoms with van der Waals surface area (Å²) in [5.41, 5.74) is 9.07. The van der Waals surface area contributed by atoms with Crippen LogP contribution >= 0.6 is 0 Å². The largest absolute Gasteiger partial charge is 0.326 e. The molecule has 0 aromatic heterocycles. The van der Waals surface area contributed by atoms with Gasteiger partial charge in [-0.3, -0.25) is 4.79 Å². The molecular weight excluding hydrogens is 260 g/mol. The van der Waals surface area contributed by atoms with Gasteiger partial charge in [0, 0.05) is 17.8 Å². The Morgan fingerprint density at radius 2 is 1.81 bits per heavy atom. The first-order valence-corrected chi connectivity index (χ1v) is 7.11. The van der Waals surface area contributed by atoms with Crippen LogP contribution in [0.15, 0.2) is 48.5 Å². The van der Waals surface area contributed by atoms with Crippen LogP contribution in [-0.4, -0.2) is 5.91 Å². The van der Waals surface area contributed by atoms with Gasteiger partial charge < -0.3 is 11.1 Å². The molecular formula is C18H22N2O. The van der Waals surface area contributed by atoms with Crippen molar-refractivity contribution < 1.29 is 4.79 Å². The normalized spacial score (nSPS) is 11.2. The number of benzene rings is 2. The van der Waals surface area contributed by atoms with E-state index in [2.05, 4.69) is 26.1 Å². The molecule has 0 fully saturated rings. The number of hydrogen-bond donors (Lipinski definition) is 2. The van der Waals surface area contributed by atoms with E-state index in [1.54, 1.807) is 0 Å². The fourth-order valence-electron chi connectivity index (χ4n) is 2.31. The zero-order valence-electron chi connectivity index (χ0n) is 12.8. The molecule has 0 radical (unpaired) electrons. The monoisotopic (exact) mass is 282 g/mol. The highest BCUT2D eigenvalue weighted by molar-refractivity contribution is 6.05. The van der Waals surface area contributed by atoms with Gasteiger partial charge in [0.05, 0.1) is 0 Å². The molecule has 0 aliphatic heterocycles. The first-order valence-electron chi connectivity index (χ1n) is 7.11. The standard InChI is InChI=1S/C18H22N2O/c1-18(2,3)16-10-5-4-9-15(16)17(21)20-14-8-6-7-13(11-14)12-19/h4-11H,12,19H2,1-3H3,(H,20,21). The fraction of sp³-hybridized carbons (Fsp3) is 0.278. The summed E-state index contributed by atoms with van der Waals surface area (Å²) in [6.07, 6.45) is 0. The van der Waals surface area contributed by atoms with Crippen LogP contribution in [-0.2, 0) is 12.0 Å². The quantitative estimate of drug-likeness (QED) is 0.902. The Balaban J connectivity index is 2.29. The topological polar surface area (TPSA) is 55.1 Å². The van der Waals surface area contributed by atoms with E-state index >= 15 is 0 Å². The summed E-state index contributed by atoms with van der Waals surface area (Å²) < 4.78 is 0. The van der Waals surface area contributed by atoms with Gasteiger partial charge >= 0.3 is 0 Å². The lowest BCUT2D eigenvalue weighted by Gasteiger charge is -2.22. The zero-order valence-corrected chi connectivity index (χ0v) is 12.8. The van der Waals surface area contributed by atoms with Crippen LogP contribution in [0.2, 0.25) is 0 Å². The molecule has 0 bridgehead atoms. The Bertz CT molecular complexity index is 642. The number of nitrogens with one attached hydrogen (secondary N) is 1. The lowest BCUT2D eigenvalue weighted by atomic mass is 9.83. The van der Waals surface area contributed by atoms with Gasteiger partial charge in [-0.05, 0) is 34.7 Å². The van der Waals surface area contributed by atoms with E-state index in [0.717, 1.165) is 16.8 Å². The number of rotatable bonds is 3. The molecule has 0 spiro atoms. The smallest absolute Gasteiger partial charge is 0.255 e. The predicted molar refractivity (Wildman–Crippen MR) is 87.4 cm³/mol. The minimum Gasteiger partial charge on any atom is -0.326 e. The third-order valence-corrected chi connectivity index (χ3v) is 3.40. The molecule has 21 heavy (non-hydrogen) atoms. The third-order valence-electron chi connectivity index (χ3n) is 3.40. The van der Waals surface area contributed by atoms with Crippen molar-refractivity contribution in [3.8, 4) is 0 Å². The molecule has 0 unspecified atom stereocenters. The van der Waals surface area contributed by atoms with Crippen LogP contribution in [0.5, 0.6) is 0 Å². The average Bonchev–Trinajstić information content (AvgIpc) is 2.46. The van der Waals surface area contributed by atoms with Gasteiger partial charge in [0.25, 0.3) is 5.91 Å². The second-order valence-corrected chi connectivity index (χ2v) is 6.15. The summed E-state index contributed by atoms with van der Waals surface area (Å²) in [4.78, 5) is 12.5. The zero-order chi connectivity index (χ0) is 15.5. The molecule has 2 aromatic rings. The number of anilines is 1. The molecule has 0 atom stereocenters. The van der Waals surface area contributed by atoms with Crippen LogP contribution < -0.4 is 11.1 Å². The fourth-order valence-corrected chi connectivity index (χ4v) is 2.31. The molecule has 3 heteroatoms. The van der Waals surface area contributed by atoms with Crippen molar-refractivity contribution in [2.45, 2.75) is 32.7 Å². The average molecular weight is 282 g/mol. The summed E-state index contributed by atoms with van der Waals surface area (Å²) in [5.74, 6) is -0.0882. The number of nitrogens with two attached hydrogens (primary N) is 1. The van der Waals surface area contributed by atoms with E-state index in [4.69, 9.17) is 5.73 Å². The van der Waals surface area contributed by atoms with Crippen molar-refractivity contribution in [2.24, 2.45) is 5.73 Å². The van der Waals surface area contributed by atoms with Crippen molar-refractivity contribution in [1.29, 1.82) is 0 Å². The second-order valence-electron chi connectivity index (χ2n) is 6.15. The molecule has 0 aliphatic rings. The summed E-state index contributed by atoms with van der Waals surface area (Å²) >= 11 is 0. The summed E-state index contributed by atoms with van der Waals surface area (Å²) in [5, 5.41) is 2.95. The Hall–Kier alpha value is -2.13. The summed E-state index contributed by atoms with van der Waals surface area (Å²) in [6, 6.07) is 15.3. The Kier molecular flexibility index (Phi) is 4.43. The van der Waals surface area contributed by atoms with Crippen molar-refractivity contribution in [2.75, 3.05) is 5.32 Å². The minimum atomic E-state index is -0.0882. The molecule has 0 saturated carbocycles. The highest BCUT2D eigenvalue weighted by Gasteiger charge is 2.21. The van der Waals surface area contributed by atoms with E-state index in [9.17, 15) is 4.79 Å². The molecule has 3 N–H and O–H groups in total. The van der Waals surface area contributed by atoms with Crippen LogP contribution in [0.4, 0.5) is 5.69 Å². The number of carbonyl (C=O) groups is 1. The molecule has 0 saturated heterocycles. The Labute approximate surface area is 126 Å². The third kappa shape index (κ3) is 3.70. The van der Waals surface area contributed by atoms with Gasteiger partial charge in [-0.2, -0.15) is 0 Å². The lowest BCUT2D eigenvalue weighted by molar-refractivity contribution is 0.102. The van der Waals surface area contributed by atoms with E-state index in [-0.39, 0.29) is 11.3 Å². The van der Waals surface area contributed by atoms with Gasteiger partial charge in [0.2, 0.25) is 0 Å². The SMILES string of the molecule is CC(C)(C)c1ccccc1C(=O)Nc1cccc(CN)c1. The number of amides is 1. The van der Waals surface area contributed by atoms with E-state index in [0.29, 0.717) is 12.1 Å². The van der Waals surface area contributed by atoms with E-state index < -0.39 is 0 Å². The van der Waals surface area contributed by atoms with Crippen LogP contribution in [0.25, 0.3) is 0 Å². The van der Waals surface area contributed by atoms with Crippen molar-refractivity contribution >= 4 is 11.6 Å². The summed E-state index contributed by atoms with van der Waals surface area (Å²) in [7, 11) is 0. The van der Waals surface area contributed by atoms with Crippen molar-refractivity contribution in [1.82, 2.24) is 0 Å². The van der Waals surface area contributed by atoms with Gasteiger partial charge in [-0.15, -0.1) is 0 Å². The van der Waals surface area contributed by atoms with Gasteiger partial charge in [0.15, 0.2) is 0 Å². The Morgan fingerprint density at radius 3 is 2.48 bits per heavy atom.